The van der Waals surface area contributed by atoms with Crippen molar-refractivity contribution in [2.45, 2.75) is 12.3 Å². The van der Waals surface area contributed by atoms with Gasteiger partial charge in [-0.15, -0.1) is 0 Å². The van der Waals surface area contributed by atoms with E-state index in [9.17, 15) is 9.90 Å². The summed E-state index contributed by atoms with van der Waals surface area (Å²) in [5.74, 6) is -0.892. The molecule has 0 atom stereocenters. The van der Waals surface area contributed by atoms with Gasteiger partial charge < -0.3 is 5.11 Å². The van der Waals surface area contributed by atoms with E-state index < -0.39 is 11.4 Å². The first kappa shape index (κ1) is 15.4. The number of hydrogen-bond donors (Lipinski definition) is 1. The molecule has 0 amide bonds. The van der Waals surface area contributed by atoms with Gasteiger partial charge in [0.05, 0.1) is 5.41 Å². The third-order valence-corrected chi connectivity index (χ3v) is 4.99. The maximum atomic E-state index is 11.6. The Labute approximate surface area is 147 Å². The summed E-state index contributed by atoms with van der Waals surface area (Å²) in [7, 11) is 0. The van der Waals surface area contributed by atoms with Crippen LogP contribution in [-0.4, -0.2) is 11.1 Å². The van der Waals surface area contributed by atoms with Crippen molar-refractivity contribution in [3.8, 4) is 11.1 Å². The summed E-state index contributed by atoms with van der Waals surface area (Å²) in [5.41, 5.74) is 5.42. The van der Waals surface area contributed by atoms with Gasteiger partial charge in [-0.05, 0) is 34.7 Å². The minimum absolute atomic E-state index is 0.343. The lowest BCUT2D eigenvalue weighted by atomic mass is 9.71. The van der Waals surface area contributed by atoms with Crippen LogP contribution in [0.1, 0.15) is 23.6 Å². The van der Waals surface area contributed by atoms with E-state index in [1.807, 2.05) is 48.5 Å². The average Bonchev–Trinajstić information content (AvgIpc) is 2.94. The van der Waals surface area contributed by atoms with E-state index in [-0.39, 0.29) is 0 Å². The molecule has 0 radical (unpaired) electrons. The summed E-state index contributed by atoms with van der Waals surface area (Å²) < 4.78 is 0. The fraction of sp³-hybridized carbons (Fsp3) is 0.0870. The molecule has 0 unspecified atom stereocenters. The van der Waals surface area contributed by atoms with Crippen molar-refractivity contribution in [1.29, 1.82) is 0 Å². The summed E-state index contributed by atoms with van der Waals surface area (Å²) in [6, 6.07) is 26.7. The summed E-state index contributed by atoms with van der Waals surface area (Å²) in [6.07, 6.45) is 1.90. The van der Waals surface area contributed by atoms with Gasteiger partial charge in [0.15, 0.2) is 0 Å². The number of hydrogen-bond acceptors (Lipinski definition) is 1. The standard InChI is InChI=1S/C23H18O2/c1-16(22(24)25)15-23(17-9-3-2-4-10-17)20-13-7-5-11-18(20)19-12-6-8-14-21(19)23/h2-15H,1H3,(H,24,25). The van der Waals surface area contributed by atoms with Gasteiger partial charge in [-0.3, -0.25) is 0 Å². The number of fused-ring (bicyclic) bond motifs is 3. The Hall–Kier alpha value is -3.13. The molecule has 0 spiro atoms. The van der Waals surface area contributed by atoms with Gasteiger partial charge in [-0.25, -0.2) is 4.79 Å². The summed E-state index contributed by atoms with van der Waals surface area (Å²) in [5, 5.41) is 9.53. The normalized spacial score (nSPS) is 14.7. The molecule has 0 heterocycles. The summed E-state index contributed by atoms with van der Waals surface area (Å²) in [6.45, 7) is 1.66. The van der Waals surface area contributed by atoms with Crippen LogP contribution < -0.4 is 0 Å². The van der Waals surface area contributed by atoms with Crippen LogP contribution in [0, 0.1) is 0 Å². The summed E-state index contributed by atoms with van der Waals surface area (Å²) >= 11 is 0. The zero-order chi connectivity index (χ0) is 17.4. The average molecular weight is 326 g/mol. The van der Waals surface area contributed by atoms with Gasteiger partial charge in [0.25, 0.3) is 0 Å². The number of benzene rings is 3. The molecular formula is C23H18O2. The monoisotopic (exact) mass is 326 g/mol. The first-order valence-electron chi connectivity index (χ1n) is 8.32. The molecule has 122 valence electrons. The molecule has 0 aromatic heterocycles. The molecule has 4 rings (SSSR count). The van der Waals surface area contributed by atoms with E-state index in [2.05, 4.69) is 36.4 Å². The van der Waals surface area contributed by atoms with E-state index in [0.29, 0.717) is 5.57 Å². The first-order valence-corrected chi connectivity index (χ1v) is 8.32. The van der Waals surface area contributed by atoms with Crippen LogP contribution >= 0.6 is 0 Å². The molecule has 1 aliphatic rings. The van der Waals surface area contributed by atoms with Gasteiger partial charge in [0.1, 0.15) is 0 Å². The molecule has 3 aromatic carbocycles. The highest BCUT2D eigenvalue weighted by Crippen LogP contribution is 2.53. The van der Waals surface area contributed by atoms with Crippen LogP contribution in [0.15, 0.2) is 90.5 Å². The van der Waals surface area contributed by atoms with Crippen molar-refractivity contribution in [3.05, 3.63) is 107 Å². The second kappa shape index (κ2) is 5.75. The molecule has 2 heteroatoms. The lowest BCUT2D eigenvalue weighted by Gasteiger charge is -2.30. The number of carboxylic acids is 1. The van der Waals surface area contributed by atoms with E-state index in [1.165, 1.54) is 0 Å². The second-order valence-corrected chi connectivity index (χ2v) is 6.40. The zero-order valence-electron chi connectivity index (χ0n) is 13.9. The third-order valence-electron chi connectivity index (χ3n) is 4.99. The van der Waals surface area contributed by atoms with Crippen LogP contribution in [0.5, 0.6) is 0 Å². The first-order chi connectivity index (χ1) is 12.1. The second-order valence-electron chi connectivity index (χ2n) is 6.40. The highest BCUT2D eigenvalue weighted by Gasteiger charge is 2.43. The maximum Gasteiger partial charge on any atom is 0.330 e. The lowest BCUT2D eigenvalue weighted by molar-refractivity contribution is -0.132. The smallest absolute Gasteiger partial charge is 0.330 e. The molecule has 0 bridgehead atoms. The Morgan fingerprint density at radius 1 is 0.800 bits per heavy atom. The third kappa shape index (κ3) is 2.22. The number of carbonyl (C=O) groups is 1. The van der Waals surface area contributed by atoms with Crippen LogP contribution in [0.2, 0.25) is 0 Å². The van der Waals surface area contributed by atoms with Crippen LogP contribution in [0.4, 0.5) is 0 Å². The van der Waals surface area contributed by atoms with E-state index in [0.717, 1.165) is 27.8 Å². The highest BCUT2D eigenvalue weighted by atomic mass is 16.4. The van der Waals surface area contributed by atoms with Crippen LogP contribution in [0.25, 0.3) is 11.1 Å². The molecule has 0 saturated carbocycles. The Morgan fingerprint density at radius 2 is 1.28 bits per heavy atom. The Balaban J connectivity index is 2.15. The summed E-state index contributed by atoms with van der Waals surface area (Å²) in [4.78, 5) is 11.6. The Morgan fingerprint density at radius 3 is 1.80 bits per heavy atom. The minimum atomic E-state index is -0.892. The molecule has 0 fully saturated rings. The minimum Gasteiger partial charge on any atom is -0.478 e. The number of aliphatic carboxylic acids is 1. The number of carboxylic acid groups (broad SMARTS) is 1. The molecule has 2 nitrogen and oxygen atoms in total. The lowest BCUT2D eigenvalue weighted by Crippen LogP contribution is -2.25. The molecular weight excluding hydrogens is 308 g/mol. The van der Waals surface area contributed by atoms with Crippen molar-refractivity contribution in [2.75, 3.05) is 0 Å². The van der Waals surface area contributed by atoms with Gasteiger partial charge in [0.2, 0.25) is 0 Å². The molecule has 0 saturated heterocycles. The molecule has 0 aliphatic heterocycles. The predicted octanol–water partition coefficient (Wildman–Crippen LogP) is 5.03. The largest absolute Gasteiger partial charge is 0.478 e. The van der Waals surface area contributed by atoms with Crippen molar-refractivity contribution in [1.82, 2.24) is 0 Å². The van der Waals surface area contributed by atoms with Gasteiger partial charge >= 0.3 is 5.97 Å². The van der Waals surface area contributed by atoms with E-state index in [1.54, 1.807) is 6.92 Å². The molecule has 3 aromatic rings. The maximum absolute atomic E-state index is 11.6. The van der Waals surface area contributed by atoms with Gasteiger partial charge in [-0.2, -0.15) is 0 Å². The predicted molar refractivity (Wildman–Crippen MR) is 99.6 cm³/mol. The quantitative estimate of drug-likeness (QED) is 0.685. The highest BCUT2D eigenvalue weighted by molar-refractivity contribution is 5.90. The zero-order valence-corrected chi connectivity index (χ0v) is 13.9. The molecule has 25 heavy (non-hydrogen) atoms. The molecule has 1 aliphatic carbocycles. The van der Waals surface area contributed by atoms with Crippen molar-refractivity contribution >= 4 is 5.97 Å². The van der Waals surface area contributed by atoms with Crippen LogP contribution in [-0.2, 0) is 10.2 Å². The number of allylic oxidation sites excluding steroid dienone is 1. The van der Waals surface area contributed by atoms with Crippen molar-refractivity contribution < 1.29 is 9.90 Å². The van der Waals surface area contributed by atoms with Gasteiger partial charge in [0, 0.05) is 5.57 Å². The van der Waals surface area contributed by atoms with Crippen molar-refractivity contribution in [3.63, 3.8) is 0 Å². The Bertz CT molecular complexity index is 938. The van der Waals surface area contributed by atoms with Crippen LogP contribution in [0.3, 0.4) is 0 Å². The van der Waals surface area contributed by atoms with Crippen molar-refractivity contribution in [2.24, 2.45) is 0 Å². The molecule has 1 N–H and O–H groups in total. The fourth-order valence-electron chi connectivity index (χ4n) is 3.91. The number of rotatable bonds is 3. The van der Waals surface area contributed by atoms with E-state index in [4.69, 9.17) is 0 Å². The Kier molecular flexibility index (Phi) is 3.54. The topological polar surface area (TPSA) is 37.3 Å². The van der Waals surface area contributed by atoms with Gasteiger partial charge in [-0.1, -0.05) is 84.9 Å². The van der Waals surface area contributed by atoms with E-state index >= 15 is 0 Å². The fourth-order valence-corrected chi connectivity index (χ4v) is 3.91. The SMILES string of the molecule is CC(=CC1(c2ccccc2)c2ccccc2-c2ccccc21)C(=O)O.